The van der Waals surface area contributed by atoms with E-state index in [1.165, 1.54) is 6.92 Å². The van der Waals surface area contributed by atoms with Crippen LogP contribution in [0.5, 0.6) is 0 Å². The molecule has 1 N–H and O–H groups in total. The highest BCUT2D eigenvalue weighted by atomic mass is 32.2. The molecular weight excluding hydrogens is 312 g/mol. The Morgan fingerprint density at radius 3 is 2.83 bits per heavy atom. The van der Waals surface area contributed by atoms with E-state index in [-0.39, 0.29) is 17.7 Å². The highest BCUT2D eigenvalue weighted by Crippen LogP contribution is 2.25. The van der Waals surface area contributed by atoms with Gasteiger partial charge in [0.1, 0.15) is 0 Å². The number of carbonyl (C=O) groups is 1. The maximum atomic E-state index is 12.8. The minimum Gasteiger partial charge on any atom is -0.356 e. The highest BCUT2D eigenvalue weighted by Gasteiger charge is 2.31. The molecule has 0 unspecified atom stereocenters. The Kier molecular flexibility index (Phi) is 6.18. The highest BCUT2D eigenvalue weighted by molar-refractivity contribution is 7.88. The lowest BCUT2D eigenvalue weighted by Gasteiger charge is -2.34. The molecule has 1 fully saturated rings. The van der Waals surface area contributed by atoms with Crippen molar-refractivity contribution < 1.29 is 13.2 Å². The van der Waals surface area contributed by atoms with Crippen molar-refractivity contribution in [1.82, 2.24) is 9.62 Å². The minimum atomic E-state index is -3.33. The molecule has 1 saturated heterocycles. The van der Waals surface area contributed by atoms with Crippen LogP contribution in [0, 0.1) is 6.92 Å². The van der Waals surface area contributed by atoms with Crippen LogP contribution in [0.3, 0.4) is 0 Å². The van der Waals surface area contributed by atoms with Gasteiger partial charge in [0.2, 0.25) is 15.9 Å². The fraction of sp³-hybridized carbons (Fsp3) is 0.588. The number of benzene rings is 1. The second kappa shape index (κ2) is 7.93. The first kappa shape index (κ1) is 17.9. The summed E-state index contributed by atoms with van der Waals surface area (Å²) in [6, 6.07) is 7.64. The third-order valence-electron chi connectivity index (χ3n) is 4.21. The van der Waals surface area contributed by atoms with Gasteiger partial charge < -0.3 is 5.32 Å². The summed E-state index contributed by atoms with van der Waals surface area (Å²) in [5.41, 5.74) is 1.90. The van der Waals surface area contributed by atoms with Crippen LogP contribution in [0.2, 0.25) is 0 Å². The third-order valence-corrected chi connectivity index (χ3v) is 6.11. The Morgan fingerprint density at radius 2 is 2.13 bits per heavy atom. The molecule has 1 aromatic rings. The SMILES string of the molecule is CC(=O)NCC[C@H]1CCCCN1S(=O)(=O)Cc1cccc(C)c1. The van der Waals surface area contributed by atoms with E-state index in [0.29, 0.717) is 19.5 Å². The Morgan fingerprint density at radius 1 is 1.35 bits per heavy atom. The molecule has 1 aliphatic rings. The fourth-order valence-electron chi connectivity index (χ4n) is 3.14. The van der Waals surface area contributed by atoms with Gasteiger partial charge >= 0.3 is 0 Å². The number of carbonyl (C=O) groups excluding carboxylic acids is 1. The summed E-state index contributed by atoms with van der Waals surface area (Å²) in [7, 11) is -3.33. The number of amides is 1. The number of nitrogens with zero attached hydrogens (tertiary/aromatic N) is 1. The number of sulfonamides is 1. The Bertz CT molecular complexity index is 643. The van der Waals surface area contributed by atoms with Crippen molar-refractivity contribution in [3.05, 3.63) is 35.4 Å². The average Bonchev–Trinajstić information content (AvgIpc) is 2.47. The first-order valence-corrected chi connectivity index (χ1v) is 9.79. The van der Waals surface area contributed by atoms with Crippen molar-refractivity contribution in [2.45, 2.75) is 51.3 Å². The third kappa shape index (κ3) is 5.32. The zero-order valence-corrected chi connectivity index (χ0v) is 14.7. The monoisotopic (exact) mass is 338 g/mol. The molecule has 1 atom stereocenters. The van der Waals surface area contributed by atoms with Gasteiger partial charge in [0.25, 0.3) is 0 Å². The number of aryl methyl sites for hydroxylation is 1. The van der Waals surface area contributed by atoms with Crippen molar-refractivity contribution in [2.75, 3.05) is 13.1 Å². The summed E-state index contributed by atoms with van der Waals surface area (Å²) in [6.07, 6.45) is 3.49. The standard InChI is InChI=1S/C17H26N2O3S/c1-14-6-5-7-16(12-14)13-23(21,22)19-11-4-3-8-17(19)9-10-18-15(2)20/h5-7,12,17H,3-4,8-11,13H2,1-2H3,(H,18,20)/t17-/m1/s1. The van der Waals surface area contributed by atoms with Crippen LogP contribution in [0.25, 0.3) is 0 Å². The molecule has 6 heteroatoms. The van der Waals surface area contributed by atoms with E-state index < -0.39 is 10.0 Å². The van der Waals surface area contributed by atoms with Crippen LogP contribution in [0.1, 0.15) is 43.7 Å². The molecule has 128 valence electrons. The Balaban J connectivity index is 2.06. The van der Waals surface area contributed by atoms with E-state index >= 15 is 0 Å². The van der Waals surface area contributed by atoms with Gasteiger partial charge in [-0.3, -0.25) is 4.79 Å². The molecule has 1 heterocycles. The predicted octanol–water partition coefficient (Wildman–Crippen LogP) is 2.21. The maximum absolute atomic E-state index is 12.8. The molecule has 0 aromatic heterocycles. The number of nitrogens with one attached hydrogen (secondary N) is 1. The predicted molar refractivity (Wildman–Crippen MR) is 91.4 cm³/mol. The molecule has 0 bridgehead atoms. The number of rotatable bonds is 6. The number of hydrogen-bond acceptors (Lipinski definition) is 3. The van der Waals surface area contributed by atoms with Crippen molar-refractivity contribution in [3.8, 4) is 0 Å². The van der Waals surface area contributed by atoms with Crippen LogP contribution >= 0.6 is 0 Å². The van der Waals surface area contributed by atoms with Crippen LogP contribution in [0.15, 0.2) is 24.3 Å². The summed E-state index contributed by atoms with van der Waals surface area (Å²) in [5, 5.41) is 2.76. The van der Waals surface area contributed by atoms with E-state index in [9.17, 15) is 13.2 Å². The van der Waals surface area contributed by atoms with Gasteiger partial charge in [-0.25, -0.2) is 8.42 Å². The molecule has 2 rings (SSSR count). The van der Waals surface area contributed by atoms with E-state index in [0.717, 1.165) is 30.4 Å². The van der Waals surface area contributed by atoms with Gasteiger partial charge in [0, 0.05) is 26.1 Å². The molecule has 1 aliphatic heterocycles. The summed E-state index contributed by atoms with van der Waals surface area (Å²) in [6.45, 7) is 4.55. The van der Waals surface area contributed by atoms with E-state index in [4.69, 9.17) is 0 Å². The summed E-state index contributed by atoms with van der Waals surface area (Å²) >= 11 is 0. The molecule has 0 aliphatic carbocycles. The van der Waals surface area contributed by atoms with E-state index in [1.54, 1.807) is 4.31 Å². The molecule has 5 nitrogen and oxygen atoms in total. The fourth-order valence-corrected chi connectivity index (χ4v) is 4.98. The lowest BCUT2D eigenvalue weighted by Crippen LogP contribution is -2.45. The quantitative estimate of drug-likeness (QED) is 0.865. The van der Waals surface area contributed by atoms with Gasteiger partial charge in [-0.15, -0.1) is 0 Å². The average molecular weight is 338 g/mol. The van der Waals surface area contributed by atoms with Crippen molar-refractivity contribution >= 4 is 15.9 Å². The molecule has 0 spiro atoms. The largest absolute Gasteiger partial charge is 0.356 e. The smallest absolute Gasteiger partial charge is 0.218 e. The van der Waals surface area contributed by atoms with Crippen LogP contribution in [-0.2, 0) is 20.6 Å². The van der Waals surface area contributed by atoms with Gasteiger partial charge in [-0.2, -0.15) is 4.31 Å². The summed E-state index contributed by atoms with van der Waals surface area (Å²) < 4.78 is 27.3. The molecule has 1 aromatic carbocycles. The number of hydrogen-bond donors (Lipinski definition) is 1. The lowest BCUT2D eigenvalue weighted by molar-refractivity contribution is -0.119. The van der Waals surface area contributed by atoms with Crippen LogP contribution in [0.4, 0.5) is 0 Å². The van der Waals surface area contributed by atoms with E-state index in [1.807, 2.05) is 31.2 Å². The first-order chi connectivity index (χ1) is 10.9. The lowest BCUT2D eigenvalue weighted by atomic mass is 10.0. The summed E-state index contributed by atoms with van der Waals surface area (Å²) in [4.78, 5) is 11.0. The summed E-state index contributed by atoms with van der Waals surface area (Å²) in [5.74, 6) is -0.0272. The molecule has 0 saturated carbocycles. The van der Waals surface area contributed by atoms with Crippen LogP contribution < -0.4 is 5.32 Å². The minimum absolute atomic E-state index is 0.00888. The second-order valence-corrected chi connectivity index (χ2v) is 8.20. The number of piperidine rings is 1. The van der Waals surface area contributed by atoms with Gasteiger partial charge in [-0.1, -0.05) is 36.2 Å². The zero-order valence-electron chi connectivity index (χ0n) is 13.9. The topological polar surface area (TPSA) is 66.5 Å². The molecule has 0 radical (unpaired) electrons. The Hall–Kier alpha value is -1.40. The van der Waals surface area contributed by atoms with Gasteiger partial charge in [0.15, 0.2) is 0 Å². The van der Waals surface area contributed by atoms with Gasteiger partial charge in [0.05, 0.1) is 5.75 Å². The van der Waals surface area contributed by atoms with E-state index in [2.05, 4.69) is 5.32 Å². The molecular formula is C17H26N2O3S. The van der Waals surface area contributed by atoms with Crippen molar-refractivity contribution in [1.29, 1.82) is 0 Å². The normalized spacial score (nSPS) is 19.5. The van der Waals surface area contributed by atoms with Crippen molar-refractivity contribution in [2.24, 2.45) is 0 Å². The molecule has 23 heavy (non-hydrogen) atoms. The maximum Gasteiger partial charge on any atom is 0.218 e. The van der Waals surface area contributed by atoms with Gasteiger partial charge in [-0.05, 0) is 31.7 Å². The molecule has 1 amide bonds. The zero-order chi connectivity index (χ0) is 16.9. The van der Waals surface area contributed by atoms with Crippen molar-refractivity contribution in [3.63, 3.8) is 0 Å². The Labute approximate surface area is 139 Å². The van der Waals surface area contributed by atoms with Crippen LogP contribution in [-0.4, -0.2) is 37.8 Å². The second-order valence-electron chi connectivity index (χ2n) is 6.28. The first-order valence-electron chi connectivity index (χ1n) is 8.18.